The van der Waals surface area contributed by atoms with E-state index in [2.05, 4.69) is 5.32 Å². The van der Waals surface area contributed by atoms with Gasteiger partial charge in [-0.1, -0.05) is 37.9 Å². The van der Waals surface area contributed by atoms with Crippen LogP contribution in [0.15, 0.2) is 18.2 Å². The quantitative estimate of drug-likeness (QED) is 0.837. The van der Waals surface area contributed by atoms with Crippen molar-refractivity contribution in [2.75, 3.05) is 0 Å². The largest absolute Gasteiger partial charge is 0.480 e. The van der Waals surface area contributed by atoms with Crippen molar-refractivity contribution in [2.24, 2.45) is 5.92 Å². The fourth-order valence-corrected chi connectivity index (χ4v) is 1.91. The summed E-state index contributed by atoms with van der Waals surface area (Å²) in [4.78, 5) is 11.1. The third kappa shape index (κ3) is 3.68. The van der Waals surface area contributed by atoms with Crippen LogP contribution in [0.2, 0.25) is 5.02 Å². The molecule has 3 nitrogen and oxygen atoms in total. The summed E-state index contributed by atoms with van der Waals surface area (Å²) in [5.74, 6) is -1.40. The lowest BCUT2D eigenvalue weighted by molar-refractivity contribution is -0.140. The third-order valence-corrected chi connectivity index (χ3v) is 3.39. The van der Waals surface area contributed by atoms with Crippen LogP contribution in [0.5, 0.6) is 0 Å². The van der Waals surface area contributed by atoms with Gasteiger partial charge in [0.1, 0.15) is 11.9 Å². The Balaban J connectivity index is 2.76. The van der Waals surface area contributed by atoms with Gasteiger partial charge in [-0.25, -0.2) is 4.39 Å². The summed E-state index contributed by atoms with van der Waals surface area (Å²) >= 11 is 5.88. The molecule has 0 unspecified atom stereocenters. The van der Waals surface area contributed by atoms with Crippen molar-refractivity contribution in [3.8, 4) is 0 Å². The van der Waals surface area contributed by atoms with Gasteiger partial charge in [-0.05, 0) is 18.1 Å². The fraction of sp³-hybridized carbons (Fsp3) is 0.462. The van der Waals surface area contributed by atoms with Gasteiger partial charge in [0.2, 0.25) is 0 Å². The molecule has 0 heterocycles. The van der Waals surface area contributed by atoms with Gasteiger partial charge >= 0.3 is 5.97 Å². The SMILES string of the molecule is CC[C@H](C)[C@H](NCc1c(F)cccc1Cl)C(=O)O. The molecule has 0 aromatic heterocycles. The highest BCUT2D eigenvalue weighted by molar-refractivity contribution is 6.31. The normalized spacial score (nSPS) is 14.2. The first-order valence-electron chi connectivity index (χ1n) is 5.86. The van der Waals surface area contributed by atoms with Gasteiger partial charge in [0.05, 0.1) is 0 Å². The van der Waals surface area contributed by atoms with Crippen molar-refractivity contribution in [3.05, 3.63) is 34.6 Å². The van der Waals surface area contributed by atoms with Gasteiger partial charge in [-0.3, -0.25) is 10.1 Å². The molecule has 0 saturated heterocycles. The first kappa shape index (κ1) is 14.9. The molecule has 18 heavy (non-hydrogen) atoms. The molecule has 0 fully saturated rings. The smallest absolute Gasteiger partial charge is 0.320 e. The Labute approximate surface area is 111 Å². The summed E-state index contributed by atoms with van der Waals surface area (Å²) in [5, 5.41) is 12.2. The van der Waals surface area contributed by atoms with Gasteiger partial charge < -0.3 is 5.11 Å². The second-order valence-electron chi connectivity index (χ2n) is 4.28. The Kier molecular flexibility index (Phi) is 5.56. The molecular weight excluding hydrogens is 257 g/mol. The summed E-state index contributed by atoms with van der Waals surface area (Å²) in [6, 6.07) is 3.71. The van der Waals surface area contributed by atoms with Crippen LogP contribution in [0.3, 0.4) is 0 Å². The van der Waals surface area contributed by atoms with E-state index >= 15 is 0 Å². The zero-order valence-electron chi connectivity index (χ0n) is 10.4. The van der Waals surface area contributed by atoms with Crippen molar-refractivity contribution >= 4 is 17.6 Å². The zero-order chi connectivity index (χ0) is 13.7. The molecule has 2 N–H and O–H groups in total. The van der Waals surface area contributed by atoms with Gasteiger partial charge in [-0.15, -0.1) is 0 Å². The highest BCUT2D eigenvalue weighted by atomic mass is 35.5. The maximum atomic E-state index is 13.5. The Hall–Kier alpha value is -1.13. The molecule has 0 aliphatic heterocycles. The van der Waals surface area contributed by atoms with E-state index in [1.54, 1.807) is 6.07 Å². The van der Waals surface area contributed by atoms with Crippen molar-refractivity contribution in [1.82, 2.24) is 5.32 Å². The van der Waals surface area contributed by atoms with Crippen LogP contribution in [0.25, 0.3) is 0 Å². The molecule has 0 aliphatic carbocycles. The number of hydrogen-bond donors (Lipinski definition) is 2. The molecule has 1 aromatic carbocycles. The average molecular weight is 274 g/mol. The number of aliphatic carboxylic acids is 1. The molecular formula is C13H17ClFNO2. The summed E-state index contributed by atoms with van der Waals surface area (Å²) in [7, 11) is 0. The van der Waals surface area contributed by atoms with E-state index in [1.807, 2.05) is 13.8 Å². The molecule has 1 rings (SSSR count). The average Bonchev–Trinajstić information content (AvgIpc) is 2.31. The molecule has 0 bridgehead atoms. The highest BCUT2D eigenvalue weighted by Crippen LogP contribution is 2.19. The minimum Gasteiger partial charge on any atom is -0.480 e. The van der Waals surface area contributed by atoms with Gasteiger partial charge in [0, 0.05) is 17.1 Å². The number of hydrogen-bond acceptors (Lipinski definition) is 2. The van der Waals surface area contributed by atoms with Crippen molar-refractivity contribution in [3.63, 3.8) is 0 Å². The number of nitrogens with one attached hydrogen (secondary N) is 1. The Bertz CT molecular complexity index is 405. The van der Waals surface area contributed by atoms with E-state index < -0.39 is 17.8 Å². The van der Waals surface area contributed by atoms with Crippen LogP contribution < -0.4 is 5.32 Å². The Morgan fingerprint density at radius 1 is 1.56 bits per heavy atom. The number of benzene rings is 1. The summed E-state index contributed by atoms with van der Waals surface area (Å²) in [6.07, 6.45) is 0.731. The van der Waals surface area contributed by atoms with E-state index in [4.69, 9.17) is 16.7 Å². The maximum absolute atomic E-state index is 13.5. The van der Waals surface area contributed by atoms with Crippen molar-refractivity contribution < 1.29 is 14.3 Å². The second-order valence-corrected chi connectivity index (χ2v) is 4.69. The van der Waals surface area contributed by atoms with E-state index in [-0.39, 0.29) is 12.5 Å². The topological polar surface area (TPSA) is 49.3 Å². The molecule has 0 saturated carbocycles. The first-order valence-corrected chi connectivity index (χ1v) is 6.24. The molecule has 5 heteroatoms. The van der Waals surface area contributed by atoms with Crippen LogP contribution in [-0.4, -0.2) is 17.1 Å². The predicted molar refractivity (Wildman–Crippen MR) is 69.1 cm³/mol. The summed E-state index contributed by atoms with van der Waals surface area (Å²) in [5.41, 5.74) is 0.300. The lowest BCUT2D eigenvalue weighted by Crippen LogP contribution is -2.41. The van der Waals surface area contributed by atoms with Crippen LogP contribution >= 0.6 is 11.6 Å². The predicted octanol–water partition coefficient (Wildman–Crippen LogP) is 3.07. The van der Waals surface area contributed by atoms with Gasteiger partial charge in [0.15, 0.2) is 0 Å². The van der Waals surface area contributed by atoms with Crippen LogP contribution in [0.1, 0.15) is 25.8 Å². The molecule has 0 spiro atoms. The zero-order valence-corrected chi connectivity index (χ0v) is 11.2. The first-order chi connectivity index (χ1) is 8.47. The summed E-state index contributed by atoms with van der Waals surface area (Å²) < 4.78 is 13.5. The Morgan fingerprint density at radius 2 is 2.22 bits per heavy atom. The minimum atomic E-state index is -0.934. The molecule has 2 atom stereocenters. The molecule has 0 radical (unpaired) electrons. The maximum Gasteiger partial charge on any atom is 0.320 e. The lowest BCUT2D eigenvalue weighted by atomic mass is 9.99. The lowest BCUT2D eigenvalue weighted by Gasteiger charge is -2.20. The summed E-state index contributed by atoms with van der Waals surface area (Å²) in [6.45, 7) is 3.86. The standard InChI is InChI=1S/C13H17ClFNO2/c1-3-8(2)12(13(17)18)16-7-9-10(14)5-4-6-11(9)15/h4-6,8,12,16H,3,7H2,1-2H3,(H,17,18)/t8-,12-/m0/s1. The number of rotatable bonds is 6. The monoisotopic (exact) mass is 273 g/mol. The second kappa shape index (κ2) is 6.71. The van der Waals surface area contributed by atoms with Crippen molar-refractivity contribution in [1.29, 1.82) is 0 Å². The van der Waals surface area contributed by atoms with E-state index in [0.29, 0.717) is 10.6 Å². The van der Waals surface area contributed by atoms with Crippen molar-refractivity contribution in [2.45, 2.75) is 32.9 Å². The van der Waals surface area contributed by atoms with E-state index in [0.717, 1.165) is 6.42 Å². The van der Waals surface area contributed by atoms with Crippen LogP contribution in [0, 0.1) is 11.7 Å². The Morgan fingerprint density at radius 3 is 2.72 bits per heavy atom. The fourth-order valence-electron chi connectivity index (χ4n) is 1.68. The minimum absolute atomic E-state index is 0.0342. The van der Waals surface area contributed by atoms with E-state index in [1.165, 1.54) is 12.1 Å². The molecule has 0 amide bonds. The number of carboxylic acid groups (broad SMARTS) is 1. The molecule has 1 aromatic rings. The molecule has 0 aliphatic rings. The van der Waals surface area contributed by atoms with E-state index in [9.17, 15) is 9.18 Å². The van der Waals surface area contributed by atoms with Gasteiger partial charge in [-0.2, -0.15) is 0 Å². The number of halogens is 2. The van der Waals surface area contributed by atoms with Gasteiger partial charge in [0.25, 0.3) is 0 Å². The van der Waals surface area contributed by atoms with Crippen LogP contribution in [-0.2, 0) is 11.3 Å². The third-order valence-electron chi connectivity index (χ3n) is 3.04. The molecule has 100 valence electrons. The number of carbonyl (C=O) groups is 1. The number of carboxylic acids is 1. The van der Waals surface area contributed by atoms with Crippen LogP contribution in [0.4, 0.5) is 4.39 Å². The highest BCUT2D eigenvalue weighted by Gasteiger charge is 2.23.